The Morgan fingerprint density at radius 2 is 2.17 bits per heavy atom. The van der Waals surface area contributed by atoms with Gasteiger partial charge in [-0.05, 0) is 55.5 Å². The fourth-order valence-electron chi connectivity index (χ4n) is 3.26. The number of fused-ring (bicyclic) bond motifs is 1. The Kier molecular flexibility index (Phi) is 5.87. The van der Waals surface area contributed by atoms with E-state index in [1.165, 1.54) is 6.07 Å². The van der Waals surface area contributed by atoms with E-state index >= 15 is 0 Å². The molecule has 6 nitrogen and oxygen atoms in total. The second-order valence-corrected chi connectivity index (χ2v) is 7.73. The highest BCUT2D eigenvalue weighted by atomic mass is 32.2. The van der Waals surface area contributed by atoms with Crippen LogP contribution in [0.5, 0.6) is 5.75 Å². The molecule has 1 fully saturated rings. The van der Waals surface area contributed by atoms with Crippen LogP contribution in [0, 0.1) is 0 Å². The lowest BCUT2D eigenvalue weighted by Crippen LogP contribution is -2.34. The van der Waals surface area contributed by atoms with Crippen LogP contribution >= 0.6 is 11.8 Å². The molecule has 0 aliphatic carbocycles. The molecule has 2 N–H and O–H groups in total. The molecule has 0 unspecified atom stereocenters. The SMILES string of the molecule is CSc1cccc(N=c2oc3cc(O)ccc3cc2C(=O)NC[C@H]2CCCO2)c1. The molecule has 2 aromatic carbocycles. The van der Waals surface area contributed by atoms with Crippen molar-refractivity contribution in [3.63, 3.8) is 0 Å². The molecule has 1 aromatic heterocycles. The predicted molar refractivity (Wildman–Crippen MR) is 113 cm³/mol. The fraction of sp³-hybridized carbons (Fsp3) is 0.273. The van der Waals surface area contributed by atoms with Crippen LogP contribution in [0.3, 0.4) is 0 Å². The Morgan fingerprint density at radius 1 is 1.28 bits per heavy atom. The number of ether oxygens (including phenoxy) is 1. The van der Waals surface area contributed by atoms with Crippen LogP contribution in [0.15, 0.2) is 62.8 Å². The number of amides is 1. The molecule has 1 aliphatic rings. The third-order valence-corrected chi connectivity index (χ3v) is 5.50. The number of hydrogen-bond acceptors (Lipinski definition) is 6. The van der Waals surface area contributed by atoms with E-state index in [1.54, 1.807) is 30.0 Å². The smallest absolute Gasteiger partial charge is 0.256 e. The largest absolute Gasteiger partial charge is 0.508 e. The Bertz CT molecular complexity index is 1100. The van der Waals surface area contributed by atoms with Gasteiger partial charge < -0.3 is 19.6 Å². The van der Waals surface area contributed by atoms with Gasteiger partial charge in [0.15, 0.2) is 0 Å². The number of hydrogen-bond donors (Lipinski definition) is 2. The zero-order valence-electron chi connectivity index (χ0n) is 16.1. The molecular formula is C22H22N2O4S. The van der Waals surface area contributed by atoms with Gasteiger partial charge in [0, 0.05) is 29.5 Å². The molecule has 7 heteroatoms. The molecule has 1 saturated heterocycles. The maximum absolute atomic E-state index is 12.9. The number of carbonyl (C=O) groups is 1. The van der Waals surface area contributed by atoms with E-state index in [9.17, 15) is 9.90 Å². The van der Waals surface area contributed by atoms with Gasteiger partial charge in [-0.2, -0.15) is 0 Å². The van der Waals surface area contributed by atoms with E-state index in [0.717, 1.165) is 24.3 Å². The van der Waals surface area contributed by atoms with Crippen molar-refractivity contribution >= 4 is 34.3 Å². The van der Waals surface area contributed by atoms with E-state index in [-0.39, 0.29) is 23.3 Å². The van der Waals surface area contributed by atoms with Crippen LogP contribution in [0.25, 0.3) is 11.0 Å². The standard InChI is InChI=1S/C22H22N2O4S/c1-29-18-6-2-4-15(11-18)24-22-19(21(26)23-13-17-5-3-9-27-17)10-14-7-8-16(25)12-20(14)28-22/h2,4,6-8,10-12,17,25H,3,5,9,13H2,1H3,(H,23,26)/t17-/m1/s1. The Labute approximate surface area is 172 Å². The molecule has 4 rings (SSSR count). The number of benzene rings is 2. The number of phenols is 1. The first-order valence-corrected chi connectivity index (χ1v) is 10.7. The van der Waals surface area contributed by atoms with Crippen LogP contribution in [-0.2, 0) is 4.74 Å². The van der Waals surface area contributed by atoms with Crippen molar-refractivity contribution in [3.05, 3.63) is 59.6 Å². The van der Waals surface area contributed by atoms with E-state index in [0.29, 0.717) is 28.8 Å². The summed E-state index contributed by atoms with van der Waals surface area (Å²) in [7, 11) is 0. The molecular weight excluding hydrogens is 388 g/mol. The predicted octanol–water partition coefficient (Wildman–Crippen LogP) is 4.00. The van der Waals surface area contributed by atoms with Gasteiger partial charge in [-0.1, -0.05) is 6.07 Å². The van der Waals surface area contributed by atoms with Crippen molar-refractivity contribution in [1.29, 1.82) is 0 Å². The van der Waals surface area contributed by atoms with Crippen LogP contribution in [-0.4, -0.2) is 36.5 Å². The van der Waals surface area contributed by atoms with Crippen LogP contribution < -0.4 is 10.9 Å². The Morgan fingerprint density at radius 3 is 2.97 bits per heavy atom. The maximum atomic E-state index is 12.9. The van der Waals surface area contributed by atoms with Crippen molar-refractivity contribution in [1.82, 2.24) is 5.32 Å². The van der Waals surface area contributed by atoms with E-state index < -0.39 is 0 Å². The molecule has 3 aromatic rings. The van der Waals surface area contributed by atoms with E-state index in [1.807, 2.05) is 30.5 Å². The summed E-state index contributed by atoms with van der Waals surface area (Å²) in [6.45, 7) is 1.19. The summed E-state index contributed by atoms with van der Waals surface area (Å²) < 4.78 is 11.5. The molecule has 1 atom stereocenters. The summed E-state index contributed by atoms with van der Waals surface area (Å²) in [4.78, 5) is 18.5. The summed E-state index contributed by atoms with van der Waals surface area (Å²) in [5, 5.41) is 13.4. The van der Waals surface area contributed by atoms with Crippen molar-refractivity contribution in [2.24, 2.45) is 4.99 Å². The van der Waals surface area contributed by atoms with Gasteiger partial charge in [0.1, 0.15) is 16.9 Å². The summed E-state index contributed by atoms with van der Waals surface area (Å²) in [6.07, 6.45) is 4.00. The zero-order chi connectivity index (χ0) is 20.2. The number of phenolic OH excluding ortho intramolecular Hbond substituents is 1. The van der Waals surface area contributed by atoms with Crippen LogP contribution in [0.4, 0.5) is 5.69 Å². The van der Waals surface area contributed by atoms with Crippen molar-refractivity contribution in [2.45, 2.75) is 23.8 Å². The lowest BCUT2D eigenvalue weighted by Gasteiger charge is -2.11. The normalized spacial score (nSPS) is 17.0. The molecule has 1 aliphatic heterocycles. The van der Waals surface area contributed by atoms with Gasteiger partial charge in [0.05, 0.1) is 11.8 Å². The molecule has 0 saturated carbocycles. The first-order valence-electron chi connectivity index (χ1n) is 9.48. The van der Waals surface area contributed by atoms with E-state index in [4.69, 9.17) is 9.15 Å². The molecule has 29 heavy (non-hydrogen) atoms. The number of nitrogens with one attached hydrogen (secondary N) is 1. The highest BCUT2D eigenvalue weighted by Gasteiger charge is 2.18. The third kappa shape index (κ3) is 4.63. The summed E-state index contributed by atoms with van der Waals surface area (Å²) in [5.41, 5.74) is 1.69. The minimum Gasteiger partial charge on any atom is -0.508 e. The minimum atomic E-state index is -0.265. The molecule has 1 amide bonds. The number of aromatic hydroxyl groups is 1. The van der Waals surface area contributed by atoms with Crippen LogP contribution in [0.2, 0.25) is 0 Å². The monoisotopic (exact) mass is 410 g/mol. The highest BCUT2D eigenvalue weighted by Crippen LogP contribution is 2.22. The van der Waals surface area contributed by atoms with Gasteiger partial charge in [-0.15, -0.1) is 11.8 Å². The van der Waals surface area contributed by atoms with E-state index in [2.05, 4.69) is 10.3 Å². The third-order valence-electron chi connectivity index (χ3n) is 4.78. The average molecular weight is 410 g/mol. The second-order valence-electron chi connectivity index (χ2n) is 6.85. The highest BCUT2D eigenvalue weighted by molar-refractivity contribution is 7.98. The number of rotatable bonds is 5. The second kappa shape index (κ2) is 8.71. The number of thioether (sulfide) groups is 1. The molecule has 0 bridgehead atoms. The fourth-order valence-corrected chi connectivity index (χ4v) is 3.71. The first kappa shape index (κ1) is 19.5. The Hall–Kier alpha value is -2.77. The van der Waals surface area contributed by atoms with Gasteiger partial charge in [-0.3, -0.25) is 4.79 Å². The minimum absolute atomic E-state index is 0.0481. The zero-order valence-corrected chi connectivity index (χ0v) is 16.9. The molecule has 0 radical (unpaired) electrons. The molecule has 150 valence electrons. The molecule has 0 spiro atoms. The summed E-state index contributed by atoms with van der Waals surface area (Å²) >= 11 is 1.61. The maximum Gasteiger partial charge on any atom is 0.256 e. The van der Waals surface area contributed by atoms with Gasteiger partial charge >= 0.3 is 0 Å². The lowest BCUT2D eigenvalue weighted by atomic mass is 10.1. The van der Waals surface area contributed by atoms with Crippen molar-refractivity contribution in [3.8, 4) is 5.75 Å². The number of nitrogens with zero attached hydrogens (tertiary/aromatic N) is 1. The molecule has 2 heterocycles. The summed E-state index contributed by atoms with van der Waals surface area (Å²) in [6, 6.07) is 14.2. The van der Waals surface area contributed by atoms with Gasteiger partial charge in [0.25, 0.3) is 5.91 Å². The summed E-state index contributed by atoms with van der Waals surface area (Å²) in [5.74, 6) is -0.175. The topological polar surface area (TPSA) is 84.1 Å². The quantitative estimate of drug-likeness (QED) is 0.621. The van der Waals surface area contributed by atoms with Gasteiger partial charge in [-0.25, -0.2) is 4.99 Å². The Balaban J connectivity index is 1.75. The van der Waals surface area contributed by atoms with Crippen molar-refractivity contribution < 1.29 is 19.1 Å². The average Bonchev–Trinajstić information content (AvgIpc) is 3.25. The van der Waals surface area contributed by atoms with Crippen molar-refractivity contribution in [2.75, 3.05) is 19.4 Å². The number of carbonyl (C=O) groups excluding carboxylic acids is 1. The lowest BCUT2D eigenvalue weighted by molar-refractivity contribution is 0.0854. The van der Waals surface area contributed by atoms with Crippen LogP contribution in [0.1, 0.15) is 23.2 Å². The first-order chi connectivity index (χ1) is 14.1. The van der Waals surface area contributed by atoms with Gasteiger partial charge in [0.2, 0.25) is 5.55 Å².